The van der Waals surface area contributed by atoms with Gasteiger partial charge in [-0.2, -0.15) is 0 Å². The molecule has 0 radical (unpaired) electrons. The van der Waals surface area contributed by atoms with Crippen molar-refractivity contribution in [1.82, 2.24) is 15.2 Å². The van der Waals surface area contributed by atoms with E-state index in [4.69, 9.17) is 4.98 Å². The Bertz CT molecular complexity index is 837. The number of piperidine rings is 1. The number of carbonyl (C=O) groups excluding carboxylic acids is 1. The number of nitrogens with one attached hydrogen (secondary N) is 1. The van der Waals surface area contributed by atoms with Gasteiger partial charge >= 0.3 is 0 Å². The van der Waals surface area contributed by atoms with Gasteiger partial charge in [0.2, 0.25) is 0 Å². The van der Waals surface area contributed by atoms with E-state index in [2.05, 4.69) is 42.3 Å². The molecule has 1 fully saturated rings. The van der Waals surface area contributed by atoms with Crippen LogP contribution >= 0.6 is 0 Å². The Labute approximate surface area is 162 Å². The van der Waals surface area contributed by atoms with Crippen molar-refractivity contribution in [1.29, 1.82) is 0 Å². The summed E-state index contributed by atoms with van der Waals surface area (Å²) in [7, 11) is 0. The molecule has 4 rings (SSSR count). The summed E-state index contributed by atoms with van der Waals surface area (Å²) in [4.78, 5) is 20.8. The third-order valence-corrected chi connectivity index (χ3v) is 6.11. The fourth-order valence-corrected chi connectivity index (χ4v) is 4.67. The molecule has 0 bridgehead atoms. The molecule has 2 heterocycles. The maximum absolute atomic E-state index is 13.4. The number of benzene rings is 1. The fraction of sp³-hybridized carbons (Fsp3) is 0.565. The van der Waals surface area contributed by atoms with Gasteiger partial charge in [-0.05, 0) is 76.1 Å². The van der Waals surface area contributed by atoms with Crippen LogP contribution in [0.15, 0.2) is 18.2 Å². The van der Waals surface area contributed by atoms with Crippen LogP contribution in [0, 0.1) is 6.92 Å². The van der Waals surface area contributed by atoms with Crippen molar-refractivity contribution in [3.63, 3.8) is 0 Å². The second-order valence-electron chi connectivity index (χ2n) is 8.23. The molecule has 0 saturated carbocycles. The lowest BCUT2D eigenvalue weighted by molar-refractivity contribution is 0.0911. The van der Waals surface area contributed by atoms with E-state index in [-0.39, 0.29) is 11.9 Å². The van der Waals surface area contributed by atoms with E-state index in [9.17, 15) is 4.79 Å². The first kappa shape index (κ1) is 18.4. The third kappa shape index (κ3) is 3.86. The number of fused-ring (bicyclic) bond motifs is 2. The van der Waals surface area contributed by atoms with Gasteiger partial charge in [-0.3, -0.25) is 9.78 Å². The number of likely N-dealkylation sites (tertiary alicyclic amines) is 1. The SMILES string of the molecule is CCCN1CCC(NC(=O)c2c3c(nc4ccc(C)cc24)CCCC3)CC1. The summed E-state index contributed by atoms with van der Waals surface area (Å²) in [5.74, 6) is 0.111. The summed E-state index contributed by atoms with van der Waals surface area (Å²) >= 11 is 0. The van der Waals surface area contributed by atoms with Crippen LogP contribution in [0.1, 0.15) is 66.2 Å². The van der Waals surface area contributed by atoms with E-state index >= 15 is 0 Å². The summed E-state index contributed by atoms with van der Waals surface area (Å²) in [5, 5.41) is 4.39. The first-order valence-electron chi connectivity index (χ1n) is 10.6. The lowest BCUT2D eigenvalue weighted by atomic mass is 9.89. The predicted octanol–water partition coefficient (Wildman–Crippen LogP) is 4.03. The molecule has 0 atom stereocenters. The molecule has 144 valence electrons. The number of hydrogen-bond acceptors (Lipinski definition) is 3. The summed E-state index contributed by atoms with van der Waals surface area (Å²) in [6.45, 7) is 7.67. The summed E-state index contributed by atoms with van der Waals surface area (Å²) in [5.41, 5.74) is 5.38. The van der Waals surface area contributed by atoms with Crippen molar-refractivity contribution in [3.05, 3.63) is 40.6 Å². The molecule has 0 unspecified atom stereocenters. The largest absolute Gasteiger partial charge is 0.349 e. The third-order valence-electron chi connectivity index (χ3n) is 6.11. The number of aryl methyl sites for hydroxylation is 2. The average Bonchev–Trinajstić information content (AvgIpc) is 2.68. The van der Waals surface area contributed by atoms with Crippen molar-refractivity contribution in [2.24, 2.45) is 0 Å². The highest BCUT2D eigenvalue weighted by Crippen LogP contribution is 2.30. The molecule has 1 saturated heterocycles. The van der Waals surface area contributed by atoms with Gasteiger partial charge in [0.15, 0.2) is 0 Å². The summed E-state index contributed by atoms with van der Waals surface area (Å²) in [6, 6.07) is 6.59. The highest BCUT2D eigenvalue weighted by Gasteiger charge is 2.26. The van der Waals surface area contributed by atoms with Gasteiger partial charge in [-0.25, -0.2) is 0 Å². The van der Waals surface area contributed by atoms with Crippen LogP contribution in [0.3, 0.4) is 0 Å². The topological polar surface area (TPSA) is 45.2 Å². The van der Waals surface area contributed by atoms with Crippen molar-refractivity contribution in [2.45, 2.75) is 64.8 Å². The van der Waals surface area contributed by atoms with Crippen LogP contribution in [-0.4, -0.2) is 41.5 Å². The Kier molecular flexibility index (Phi) is 5.44. The van der Waals surface area contributed by atoms with E-state index in [0.29, 0.717) is 0 Å². The van der Waals surface area contributed by atoms with Crippen LogP contribution < -0.4 is 5.32 Å². The Morgan fingerprint density at radius 3 is 2.78 bits per heavy atom. The molecule has 0 spiro atoms. The Morgan fingerprint density at radius 1 is 1.22 bits per heavy atom. The number of aromatic nitrogens is 1. The number of amides is 1. The van der Waals surface area contributed by atoms with Crippen molar-refractivity contribution in [2.75, 3.05) is 19.6 Å². The smallest absolute Gasteiger partial charge is 0.252 e. The highest BCUT2D eigenvalue weighted by molar-refractivity contribution is 6.08. The van der Waals surface area contributed by atoms with E-state index in [1.165, 1.54) is 30.5 Å². The zero-order valence-corrected chi connectivity index (χ0v) is 16.7. The van der Waals surface area contributed by atoms with Crippen molar-refractivity contribution < 1.29 is 4.79 Å². The van der Waals surface area contributed by atoms with Gasteiger partial charge in [0, 0.05) is 30.2 Å². The number of rotatable bonds is 4. The lowest BCUT2D eigenvalue weighted by Crippen LogP contribution is -2.45. The van der Waals surface area contributed by atoms with Gasteiger partial charge in [-0.15, -0.1) is 0 Å². The van der Waals surface area contributed by atoms with Gasteiger partial charge < -0.3 is 10.2 Å². The first-order chi connectivity index (χ1) is 13.2. The minimum absolute atomic E-state index is 0.111. The Hall–Kier alpha value is -1.94. The van der Waals surface area contributed by atoms with Crippen LogP contribution in [0.25, 0.3) is 10.9 Å². The molecule has 4 heteroatoms. The van der Waals surface area contributed by atoms with E-state index in [1.54, 1.807) is 0 Å². The molecular weight excluding hydrogens is 334 g/mol. The summed E-state index contributed by atoms with van der Waals surface area (Å²) in [6.07, 6.45) is 7.60. The van der Waals surface area contributed by atoms with Crippen LogP contribution in [-0.2, 0) is 12.8 Å². The summed E-state index contributed by atoms with van der Waals surface area (Å²) < 4.78 is 0. The molecule has 1 amide bonds. The molecule has 2 aliphatic rings. The molecule has 1 aromatic carbocycles. The van der Waals surface area contributed by atoms with Gasteiger partial charge in [-0.1, -0.05) is 18.6 Å². The van der Waals surface area contributed by atoms with E-state index in [0.717, 1.165) is 67.4 Å². The molecular formula is C23H31N3O. The minimum atomic E-state index is 0.111. The zero-order valence-electron chi connectivity index (χ0n) is 16.7. The molecule has 1 aromatic heterocycles. The second kappa shape index (κ2) is 7.97. The molecule has 4 nitrogen and oxygen atoms in total. The number of nitrogens with zero attached hydrogens (tertiary/aromatic N) is 2. The van der Waals surface area contributed by atoms with E-state index < -0.39 is 0 Å². The lowest BCUT2D eigenvalue weighted by Gasteiger charge is -2.32. The van der Waals surface area contributed by atoms with Crippen LogP contribution in [0.5, 0.6) is 0 Å². The van der Waals surface area contributed by atoms with Gasteiger partial charge in [0.05, 0.1) is 11.1 Å². The Balaban J connectivity index is 1.62. The maximum Gasteiger partial charge on any atom is 0.252 e. The predicted molar refractivity (Wildman–Crippen MR) is 110 cm³/mol. The van der Waals surface area contributed by atoms with Gasteiger partial charge in [0.25, 0.3) is 5.91 Å². The van der Waals surface area contributed by atoms with Crippen molar-refractivity contribution in [3.8, 4) is 0 Å². The highest BCUT2D eigenvalue weighted by atomic mass is 16.1. The zero-order chi connectivity index (χ0) is 18.8. The maximum atomic E-state index is 13.4. The van der Waals surface area contributed by atoms with Crippen LogP contribution in [0.2, 0.25) is 0 Å². The normalized spacial score (nSPS) is 18.4. The molecule has 27 heavy (non-hydrogen) atoms. The minimum Gasteiger partial charge on any atom is -0.349 e. The Morgan fingerprint density at radius 2 is 2.00 bits per heavy atom. The fourth-order valence-electron chi connectivity index (χ4n) is 4.67. The monoisotopic (exact) mass is 365 g/mol. The number of pyridine rings is 1. The molecule has 1 N–H and O–H groups in total. The number of carbonyl (C=O) groups is 1. The van der Waals surface area contributed by atoms with E-state index in [1.807, 2.05) is 0 Å². The first-order valence-corrected chi connectivity index (χ1v) is 10.6. The van der Waals surface area contributed by atoms with Crippen LogP contribution in [0.4, 0.5) is 0 Å². The van der Waals surface area contributed by atoms with Crippen molar-refractivity contribution >= 4 is 16.8 Å². The number of hydrogen-bond donors (Lipinski definition) is 1. The molecule has 2 aromatic rings. The standard InChI is InChI=1S/C23H31N3O/c1-3-12-26-13-10-17(11-14-26)24-23(27)22-18-6-4-5-7-20(18)25-21-9-8-16(2)15-19(21)22/h8-9,15,17H,3-7,10-14H2,1-2H3,(H,24,27). The average molecular weight is 366 g/mol. The van der Waals surface area contributed by atoms with Gasteiger partial charge in [0.1, 0.15) is 0 Å². The molecule has 1 aliphatic carbocycles. The second-order valence-corrected chi connectivity index (χ2v) is 8.23. The quantitative estimate of drug-likeness (QED) is 0.890. The molecule has 1 aliphatic heterocycles.